The van der Waals surface area contributed by atoms with Crippen LogP contribution >= 0.6 is 11.6 Å². The van der Waals surface area contributed by atoms with E-state index in [-0.39, 0.29) is 6.04 Å². The zero-order valence-corrected chi connectivity index (χ0v) is 11.8. The van der Waals surface area contributed by atoms with E-state index in [0.717, 1.165) is 11.3 Å². The van der Waals surface area contributed by atoms with Crippen LogP contribution in [0.5, 0.6) is 0 Å². The SMILES string of the molecule is CCOCC(C)n1c(CCl)nc2c(C#N)cccc21. The van der Waals surface area contributed by atoms with Crippen LogP contribution < -0.4 is 0 Å². The van der Waals surface area contributed by atoms with Gasteiger partial charge in [0.15, 0.2) is 0 Å². The maximum absolute atomic E-state index is 9.13. The van der Waals surface area contributed by atoms with Gasteiger partial charge in [-0.3, -0.25) is 0 Å². The van der Waals surface area contributed by atoms with Gasteiger partial charge in [0.2, 0.25) is 0 Å². The van der Waals surface area contributed by atoms with Crippen LogP contribution in [-0.2, 0) is 10.6 Å². The summed E-state index contributed by atoms with van der Waals surface area (Å²) in [5.74, 6) is 1.09. The smallest absolute Gasteiger partial charge is 0.125 e. The number of nitriles is 1. The molecular formula is C14H16ClN3O. The summed E-state index contributed by atoms with van der Waals surface area (Å²) in [6, 6.07) is 7.89. The number of imidazole rings is 1. The van der Waals surface area contributed by atoms with Crippen molar-refractivity contribution >= 4 is 22.6 Å². The molecule has 2 aromatic rings. The molecule has 19 heavy (non-hydrogen) atoms. The molecule has 0 aliphatic carbocycles. The first-order chi connectivity index (χ1) is 9.22. The van der Waals surface area contributed by atoms with Crippen molar-refractivity contribution in [3.8, 4) is 6.07 Å². The molecule has 0 fully saturated rings. The molecule has 4 nitrogen and oxygen atoms in total. The highest BCUT2D eigenvalue weighted by Crippen LogP contribution is 2.24. The van der Waals surface area contributed by atoms with Crippen LogP contribution in [0.15, 0.2) is 18.2 Å². The van der Waals surface area contributed by atoms with Crippen molar-refractivity contribution < 1.29 is 4.74 Å². The number of hydrogen-bond donors (Lipinski definition) is 0. The Hall–Kier alpha value is -1.57. The number of nitrogens with zero attached hydrogens (tertiary/aromatic N) is 3. The van der Waals surface area contributed by atoms with E-state index in [0.29, 0.717) is 30.2 Å². The third-order valence-electron chi connectivity index (χ3n) is 3.04. The van der Waals surface area contributed by atoms with Crippen molar-refractivity contribution in [3.05, 3.63) is 29.6 Å². The average Bonchev–Trinajstić information content (AvgIpc) is 2.83. The molecule has 0 saturated heterocycles. The van der Waals surface area contributed by atoms with Gasteiger partial charge >= 0.3 is 0 Å². The number of hydrogen-bond acceptors (Lipinski definition) is 3. The van der Waals surface area contributed by atoms with Crippen LogP contribution in [0.4, 0.5) is 0 Å². The van der Waals surface area contributed by atoms with Crippen molar-refractivity contribution in [3.63, 3.8) is 0 Å². The molecule has 1 aromatic heterocycles. The summed E-state index contributed by atoms with van der Waals surface area (Å²) >= 11 is 5.97. The van der Waals surface area contributed by atoms with E-state index in [2.05, 4.69) is 22.5 Å². The number of rotatable bonds is 5. The second-order valence-corrected chi connectivity index (χ2v) is 4.59. The first kappa shape index (κ1) is 13.9. The molecule has 0 bridgehead atoms. The maximum atomic E-state index is 9.13. The van der Waals surface area contributed by atoms with Gasteiger partial charge in [-0.1, -0.05) is 6.07 Å². The second kappa shape index (κ2) is 6.05. The van der Waals surface area contributed by atoms with Gasteiger partial charge in [0, 0.05) is 6.61 Å². The normalized spacial score (nSPS) is 12.5. The minimum absolute atomic E-state index is 0.132. The molecule has 0 radical (unpaired) electrons. The van der Waals surface area contributed by atoms with Crippen LogP contribution in [0.2, 0.25) is 0 Å². The van der Waals surface area contributed by atoms with E-state index in [1.54, 1.807) is 6.07 Å². The topological polar surface area (TPSA) is 50.8 Å². The van der Waals surface area contributed by atoms with Gasteiger partial charge < -0.3 is 9.30 Å². The number of para-hydroxylation sites is 1. The Kier molecular flexibility index (Phi) is 4.41. The summed E-state index contributed by atoms with van der Waals surface area (Å²) in [7, 11) is 0. The summed E-state index contributed by atoms with van der Waals surface area (Å²) in [5, 5.41) is 9.13. The summed E-state index contributed by atoms with van der Waals surface area (Å²) in [4.78, 5) is 4.48. The lowest BCUT2D eigenvalue weighted by Gasteiger charge is -2.16. The zero-order valence-electron chi connectivity index (χ0n) is 11.1. The summed E-state index contributed by atoms with van der Waals surface area (Å²) < 4.78 is 7.52. The molecule has 0 aliphatic heterocycles. The fraction of sp³-hybridized carbons (Fsp3) is 0.429. The molecule has 0 aliphatic rings. The molecule has 5 heteroatoms. The van der Waals surface area contributed by atoms with Gasteiger partial charge in [0.05, 0.1) is 29.6 Å². The Morgan fingerprint density at radius 2 is 2.32 bits per heavy atom. The minimum atomic E-state index is 0.132. The number of fused-ring (bicyclic) bond motifs is 1. The summed E-state index contributed by atoms with van der Waals surface area (Å²) in [6.07, 6.45) is 0. The van der Waals surface area contributed by atoms with Gasteiger partial charge in [-0.05, 0) is 26.0 Å². The van der Waals surface area contributed by atoms with Crippen molar-refractivity contribution in [1.82, 2.24) is 9.55 Å². The van der Waals surface area contributed by atoms with E-state index in [1.807, 2.05) is 19.1 Å². The van der Waals surface area contributed by atoms with E-state index in [9.17, 15) is 0 Å². The monoisotopic (exact) mass is 277 g/mol. The molecule has 0 amide bonds. The van der Waals surface area contributed by atoms with Gasteiger partial charge in [-0.15, -0.1) is 11.6 Å². The standard InChI is InChI=1S/C14H16ClN3O/c1-3-19-9-10(2)18-12-6-4-5-11(8-16)14(12)17-13(18)7-15/h4-6,10H,3,7,9H2,1-2H3. The lowest BCUT2D eigenvalue weighted by molar-refractivity contribution is 0.119. The Bertz CT molecular complexity index is 615. The molecule has 1 heterocycles. The molecule has 1 atom stereocenters. The van der Waals surface area contributed by atoms with Gasteiger partial charge in [-0.25, -0.2) is 4.98 Å². The van der Waals surface area contributed by atoms with Crippen LogP contribution in [0, 0.1) is 11.3 Å². The zero-order chi connectivity index (χ0) is 13.8. The summed E-state index contributed by atoms with van der Waals surface area (Å²) in [6.45, 7) is 5.31. The lowest BCUT2D eigenvalue weighted by atomic mass is 10.2. The Morgan fingerprint density at radius 1 is 1.53 bits per heavy atom. The molecule has 0 saturated carbocycles. The molecule has 1 unspecified atom stereocenters. The molecular weight excluding hydrogens is 262 g/mol. The van der Waals surface area contributed by atoms with Crippen molar-refractivity contribution in [1.29, 1.82) is 5.26 Å². The highest BCUT2D eigenvalue weighted by Gasteiger charge is 2.17. The van der Waals surface area contributed by atoms with Crippen LogP contribution in [0.25, 0.3) is 11.0 Å². The number of alkyl halides is 1. The quantitative estimate of drug-likeness (QED) is 0.788. The largest absolute Gasteiger partial charge is 0.380 e. The first-order valence-corrected chi connectivity index (χ1v) is 6.80. The lowest BCUT2D eigenvalue weighted by Crippen LogP contribution is -2.14. The fourth-order valence-electron chi connectivity index (χ4n) is 2.20. The Labute approximate surface area is 117 Å². The Balaban J connectivity index is 2.55. The minimum Gasteiger partial charge on any atom is -0.380 e. The molecule has 2 rings (SSSR count). The van der Waals surface area contributed by atoms with Crippen LogP contribution in [0.3, 0.4) is 0 Å². The number of aromatic nitrogens is 2. The highest BCUT2D eigenvalue weighted by atomic mass is 35.5. The van der Waals surface area contributed by atoms with Gasteiger partial charge in [-0.2, -0.15) is 5.26 Å². The number of halogens is 1. The third kappa shape index (κ3) is 2.58. The highest BCUT2D eigenvalue weighted by molar-refractivity contribution is 6.16. The van der Waals surface area contributed by atoms with Gasteiger partial charge in [0.1, 0.15) is 17.4 Å². The first-order valence-electron chi connectivity index (χ1n) is 6.26. The van der Waals surface area contributed by atoms with E-state index >= 15 is 0 Å². The maximum Gasteiger partial charge on any atom is 0.125 e. The predicted octanol–water partition coefficient (Wildman–Crippen LogP) is 3.24. The van der Waals surface area contributed by atoms with E-state index in [4.69, 9.17) is 21.6 Å². The van der Waals surface area contributed by atoms with Crippen molar-refractivity contribution in [2.24, 2.45) is 0 Å². The molecule has 0 spiro atoms. The average molecular weight is 278 g/mol. The van der Waals surface area contributed by atoms with E-state index in [1.165, 1.54) is 0 Å². The van der Waals surface area contributed by atoms with Crippen LogP contribution in [0.1, 0.15) is 31.3 Å². The molecule has 1 aromatic carbocycles. The summed E-state index contributed by atoms with van der Waals surface area (Å²) in [5.41, 5.74) is 2.22. The Morgan fingerprint density at radius 3 is 2.95 bits per heavy atom. The predicted molar refractivity (Wildman–Crippen MR) is 75.2 cm³/mol. The number of ether oxygens (including phenoxy) is 1. The number of benzene rings is 1. The fourth-order valence-corrected chi connectivity index (χ4v) is 2.39. The molecule has 100 valence electrons. The van der Waals surface area contributed by atoms with E-state index < -0.39 is 0 Å². The van der Waals surface area contributed by atoms with Crippen LogP contribution in [-0.4, -0.2) is 22.8 Å². The second-order valence-electron chi connectivity index (χ2n) is 4.33. The third-order valence-corrected chi connectivity index (χ3v) is 3.28. The molecule has 0 N–H and O–H groups in total. The van der Waals surface area contributed by atoms with Crippen molar-refractivity contribution in [2.75, 3.05) is 13.2 Å². The van der Waals surface area contributed by atoms with Gasteiger partial charge in [0.25, 0.3) is 0 Å². The van der Waals surface area contributed by atoms with Crippen molar-refractivity contribution in [2.45, 2.75) is 25.8 Å².